The van der Waals surface area contributed by atoms with Crippen molar-refractivity contribution < 1.29 is 4.79 Å². The Balaban J connectivity index is 1.85. The molecule has 5 heteroatoms. The first-order valence-electron chi connectivity index (χ1n) is 7.95. The van der Waals surface area contributed by atoms with E-state index in [2.05, 4.69) is 40.2 Å². The Hall–Kier alpha value is -1.59. The fourth-order valence-corrected chi connectivity index (χ4v) is 4.11. The van der Waals surface area contributed by atoms with Crippen molar-refractivity contribution in [1.82, 2.24) is 10.2 Å². The molecule has 1 aliphatic rings. The lowest BCUT2D eigenvalue weighted by atomic mass is 10.1. The summed E-state index contributed by atoms with van der Waals surface area (Å²) in [6.07, 6.45) is 1.22. The Morgan fingerprint density at radius 2 is 2.05 bits per heavy atom. The van der Waals surface area contributed by atoms with Crippen LogP contribution in [0, 0.1) is 0 Å². The molecule has 0 radical (unpaired) electrons. The molecule has 1 amide bonds. The number of piperazine rings is 1. The van der Waals surface area contributed by atoms with Gasteiger partial charge in [-0.05, 0) is 31.2 Å². The van der Waals surface area contributed by atoms with Crippen LogP contribution in [-0.2, 0) is 0 Å². The predicted molar refractivity (Wildman–Crippen MR) is 94.2 cm³/mol. The van der Waals surface area contributed by atoms with E-state index in [1.165, 1.54) is 28.7 Å². The smallest absolute Gasteiger partial charge is 0.261 e. The van der Waals surface area contributed by atoms with Crippen molar-refractivity contribution in [3.8, 4) is 0 Å². The number of nitrogens with one attached hydrogen (secondary N) is 1. The molecule has 1 aliphatic heterocycles. The highest BCUT2D eigenvalue weighted by atomic mass is 32.1. The van der Waals surface area contributed by atoms with Gasteiger partial charge in [0, 0.05) is 49.0 Å². The lowest BCUT2D eigenvalue weighted by molar-refractivity contribution is 0.0967. The summed E-state index contributed by atoms with van der Waals surface area (Å²) in [6.45, 7) is 7.79. The van der Waals surface area contributed by atoms with Gasteiger partial charge in [0.25, 0.3) is 5.91 Å². The summed E-state index contributed by atoms with van der Waals surface area (Å²) in [5.41, 5.74) is 1.26. The maximum atomic E-state index is 11.9. The minimum atomic E-state index is -0.0000786. The molecule has 4 nitrogen and oxygen atoms in total. The van der Waals surface area contributed by atoms with Gasteiger partial charge < -0.3 is 10.2 Å². The lowest BCUT2D eigenvalue weighted by Gasteiger charge is -2.36. The van der Waals surface area contributed by atoms with Crippen molar-refractivity contribution in [1.29, 1.82) is 0 Å². The number of rotatable bonds is 4. The van der Waals surface area contributed by atoms with Crippen LogP contribution < -0.4 is 10.2 Å². The van der Waals surface area contributed by atoms with Gasteiger partial charge in [-0.3, -0.25) is 9.69 Å². The number of thiophene rings is 1. The van der Waals surface area contributed by atoms with E-state index < -0.39 is 0 Å². The number of amides is 1. The highest BCUT2D eigenvalue weighted by Gasteiger charge is 2.19. The van der Waals surface area contributed by atoms with E-state index >= 15 is 0 Å². The minimum absolute atomic E-state index is 0.0000786. The van der Waals surface area contributed by atoms with Crippen molar-refractivity contribution in [3.63, 3.8) is 0 Å². The minimum Gasteiger partial charge on any atom is -0.368 e. The fraction of sp³-hybridized carbons (Fsp3) is 0.471. The number of anilines is 1. The van der Waals surface area contributed by atoms with Gasteiger partial charge in [0.1, 0.15) is 0 Å². The summed E-state index contributed by atoms with van der Waals surface area (Å²) in [6, 6.07) is 8.41. The summed E-state index contributed by atoms with van der Waals surface area (Å²) in [5.74, 6) is -0.0000786. The van der Waals surface area contributed by atoms with Crippen LogP contribution in [0.4, 0.5) is 5.69 Å². The fourth-order valence-electron chi connectivity index (χ4n) is 3.08. The Bertz CT molecular complexity index is 659. The zero-order valence-corrected chi connectivity index (χ0v) is 14.1. The molecule has 118 valence electrons. The van der Waals surface area contributed by atoms with Crippen molar-refractivity contribution in [2.45, 2.75) is 13.3 Å². The van der Waals surface area contributed by atoms with E-state index in [4.69, 9.17) is 0 Å². The Kier molecular flexibility index (Phi) is 4.64. The van der Waals surface area contributed by atoms with Gasteiger partial charge >= 0.3 is 0 Å². The van der Waals surface area contributed by atoms with E-state index in [1.807, 2.05) is 6.07 Å². The van der Waals surface area contributed by atoms with Gasteiger partial charge in [-0.25, -0.2) is 0 Å². The van der Waals surface area contributed by atoms with Gasteiger partial charge in [-0.1, -0.05) is 13.0 Å². The molecule has 0 aliphatic carbocycles. The van der Waals surface area contributed by atoms with Crippen LogP contribution in [-0.4, -0.2) is 50.6 Å². The third-order valence-electron chi connectivity index (χ3n) is 4.24. The summed E-state index contributed by atoms with van der Waals surface area (Å²) in [5, 5.41) is 3.92. The van der Waals surface area contributed by atoms with Crippen molar-refractivity contribution in [3.05, 3.63) is 29.1 Å². The second kappa shape index (κ2) is 6.67. The van der Waals surface area contributed by atoms with Gasteiger partial charge in [0.2, 0.25) is 0 Å². The predicted octanol–water partition coefficient (Wildman–Crippen LogP) is 2.79. The number of hydrogen-bond donors (Lipinski definition) is 1. The average Bonchev–Trinajstić information content (AvgIpc) is 2.99. The number of fused-ring (bicyclic) bond motifs is 1. The summed E-state index contributed by atoms with van der Waals surface area (Å²) in [4.78, 5) is 17.6. The molecule has 2 heterocycles. The Morgan fingerprint density at radius 3 is 2.73 bits per heavy atom. The molecular weight excluding hydrogens is 294 g/mol. The van der Waals surface area contributed by atoms with Crippen molar-refractivity contribution in [2.75, 3.05) is 44.7 Å². The van der Waals surface area contributed by atoms with Crippen LogP contribution in [0.2, 0.25) is 0 Å². The standard InChI is InChI=1S/C17H23N3OS/c1-3-7-19-8-10-20(11-9-19)14-5-4-6-15-13(14)12-16(22-15)17(21)18-2/h4-6,12H,3,7-11H2,1-2H3,(H,18,21). The first kappa shape index (κ1) is 15.3. The Labute approximate surface area is 135 Å². The molecule has 1 fully saturated rings. The lowest BCUT2D eigenvalue weighted by Crippen LogP contribution is -2.46. The normalized spacial score (nSPS) is 16.2. The zero-order chi connectivity index (χ0) is 15.5. The quantitative estimate of drug-likeness (QED) is 0.942. The Morgan fingerprint density at radius 1 is 1.27 bits per heavy atom. The van der Waals surface area contributed by atoms with Gasteiger partial charge in [-0.2, -0.15) is 0 Å². The van der Waals surface area contributed by atoms with E-state index in [0.717, 1.165) is 31.1 Å². The monoisotopic (exact) mass is 317 g/mol. The molecule has 0 unspecified atom stereocenters. The molecule has 0 spiro atoms. The first-order chi connectivity index (χ1) is 10.7. The van der Waals surface area contributed by atoms with E-state index in [-0.39, 0.29) is 5.91 Å². The van der Waals surface area contributed by atoms with Crippen molar-refractivity contribution in [2.24, 2.45) is 0 Å². The van der Waals surface area contributed by atoms with Crippen LogP contribution in [0.5, 0.6) is 0 Å². The molecule has 3 rings (SSSR count). The number of hydrogen-bond acceptors (Lipinski definition) is 4. The van der Waals surface area contributed by atoms with E-state index in [1.54, 1.807) is 18.4 Å². The van der Waals surface area contributed by atoms with Gasteiger partial charge in [-0.15, -0.1) is 11.3 Å². The van der Waals surface area contributed by atoms with E-state index in [9.17, 15) is 4.79 Å². The van der Waals surface area contributed by atoms with Crippen LogP contribution in [0.1, 0.15) is 23.0 Å². The van der Waals surface area contributed by atoms with Crippen LogP contribution in [0.3, 0.4) is 0 Å². The summed E-state index contributed by atoms with van der Waals surface area (Å²) < 4.78 is 1.19. The second-order valence-corrected chi connectivity index (χ2v) is 6.79. The molecule has 1 saturated heterocycles. The van der Waals surface area contributed by atoms with Crippen LogP contribution >= 0.6 is 11.3 Å². The number of benzene rings is 1. The van der Waals surface area contributed by atoms with Crippen LogP contribution in [0.15, 0.2) is 24.3 Å². The molecule has 0 saturated carbocycles. The SMILES string of the molecule is CCCN1CCN(c2cccc3sc(C(=O)NC)cc23)CC1. The van der Waals surface area contributed by atoms with Crippen LogP contribution in [0.25, 0.3) is 10.1 Å². The number of nitrogens with zero attached hydrogens (tertiary/aromatic N) is 2. The zero-order valence-electron chi connectivity index (χ0n) is 13.3. The molecule has 1 aromatic heterocycles. The largest absolute Gasteiger partial charge is 0.368 e. The highest BCUT2D eigenvalue weighted by molar-refractivity contribution is 7.20. The van der Waals surface area contributed by atoms with Gasteiger partial charge in [0.05, 0.1) is 4.88 Å². The molecule has 1 aromatic carbocycles. The van der Waals surface area contributed by atoms with Crippen molar-refractivity contribution >= 4 is 33.0 Å². The third-order valence-corrected chi connectivity index (χ3v) is 5.34. The molecular formula is C17H23N3OS. The summed E-state index contributed by atoms with van der Waals surface area (Å²) in [7, 11) is 1.68. The molecule has 0 atom stereocenters. The van der Waals surface area contributed by atoms with E-state index in [0.29, 0.717) is 0 Å². The molecule has 1 N–H and O–H groups in total. The maximum absolute atomic E-state index is 11.9. The maximum Gasteiger partial charge on any atom is 0.261 e. The summed E-state index contributed by atoms with van der Waals surface area (Å²) >= 11 is 1.57. The topological polar surface area (TPSA) is 35.6 Å². The average molecular weight is 317 g/mol. The molecule has 0 bridgehead atoms. The number of carbonyl (C=O) groups is 1. The van der Waals surface area contributed by atoms with Gasteiger partial charge in [0.15, 0.2) is 0 Å². The second-order valence-electron chi connectivity index (χ2n) is 5.71. The molecule has 2 aromatic rings. The number of carbonyl (C=O) groups excluding carboxylic acids is 1. The highest BCUT2D eigenvalue weighted by Crippen LogP contribution is 2.33. The molecule has 22 heavy (non-hydrogen) atoms. The first-order valence-corrected chi connectivity index (χ1v) is 8.76. The third kappa shape index (κ3) is 2.96.